The highest BCUT2D eigenvalue weighted by atomic mass is 35.5. The quantitative estimate of drug-likeness (QED) is 0.567. The van der Waals surface area contributed by atoms with Gasteiger partial charge in [-0.15, -0.1) is 11.3 Å². The summed E-state index contributed by atoms with van der Waals surface area (Å²) >= 11 is 8.43. The van der Waals surface area contributed by atoms with Crippen molar-refractivity contribution in [1.29, 1.82) is 10.5 Å². The maximum absolute atomic E-state index is 12.2. The Kier molecular flexibility index (Phi) is 6.73. The molecule has 0 spiro atoms. The number of anilines is 1. The molecule has 0 bridgehead atoms. The predicted octanol–water partition coefficient (Wildman–Crippen LogP) is 3.62. The third kappa shape index (κ3) is 4.87. The molecule has 1 aromatic carbocycles. The summed E-state index contributed by atoms with van der Waals surface area (Å²) in [7, 11) is 0. The van der Waals surface area contributed by atoms with Gasteiger partial charge < -0.3 is 5.32 Å². The predicted molar refractivity (Wildman–Crippen MR) is 114 cm³/mol. The van der Waals surface area contributed by atoms with E-state index in [4.69, 9.17) is 17.3 Å². The summed E-state index contributed by atoms with van der Waals surface area (Å²) in [5.74, 6) is 0.0652. The number of nitriles is 2. The van der Waals surface area contributed by atoms with Gasteiger partial charge in [-0.3, -0.25) is 10.5 Å². The molecule has 9 heteroatoms. The molecule has 144 valence electrons. The Morgan fingerprint density at radius 2 is 1.93 bits per heavy atom. The van der Waals surface area contributed by atoms with Gasteiger partial charge in [0, 0.05) is 22.0 Å². The number of carbonyl (C=O) groups is 1. The lowest BCUT2D eigenvalue weighted by molar-refractivity contribution is -0.410. The molecule has 4 N–H and O–H groups in total. The van der Waals surface area contributed by atoms with Gasteiger partial charge in [-0.25, -0.2) is 4.98 Å². The van der Waals surface area contributed by atoms with Crippen molar-refractivity contribution in [3.8, 4) is 22.6 Å². The van der Waals surface area contributed by atoms with Gasteiger partial charge in [0.15, 0.2) is 10.6 Å². The molecule has 6 nitrogen and oxygen atoms in total. The number of aromatic nitrogens is 1. The zero-order valence-corrected chi connectivity index (χ0v) is 17.4. The Labute approximate surface area is 180 Å². The largest absolute Gasteiger partial charge is 0.351 e. The molecule has 2 aromatic heterocycles. The molecule has 0 saturated heterocycles. The number of nitrogens with two attached hydrogens (primary N) is 1. The van der Waals surface area contributed by atoms with Crippen LogP contribution in [0.1, 0.15) is 16.7 Å². The second-order valence-corrected chi connectivity index (χ2v) is 8.26. The number of nitrogen functional groups attached to an aromatic ring is 1. The summed E-state index contributed by atoms with van der Waals surface area (Å²) in [5, 5.41) is 25.0. The fourth-order valence-corrected chi connectivity index (χ4v) is 4.37. The molecule has 1 amide bonds. The maximum atomic E-state index is 12.2. The zero-order chi connectivity index (χ0) is 20.8. The van der Waals surface area contributed by atoms with Gasteiger partial charge in [0.1, 0.15) is 17.7 Å². The summed E-state index contributed by atoms with van der Waals surface area (Å²) in [6.45, 7) is 0.376. The molecule has 0 aliphatic rings. The topological polar surface area (TPSA) is 117 Å². The van der Waals surface area contributed by atoms with Crippen LogP contribution >= 0.6 is 34.7 Å². The van der Waals surface area contributed by atoms with Crippen LogP contribution in [0.4, 0.5) is 5.82 Å². The van der Waals surface area contributed by atoms with Crippen molar-refractivity contribution in [1.82, 2.24) is 5.32 Å². The van der Waals surface area contributed by atoms with Gasteiger partial charge in [-0.1, -0.05) is 41.6 Å². The number of benzene rings is 1. The minimum Gasteiger partial charge on any atom is -0.351 e. The smallest absolute Gasteiger partial charge is 0.289 e. The Balaban J connectivity index is 1.77. The highest BCUT2D eigenvalue weighted by Gasteiger charge is 2.24. The Hall–Kier alpha value is -3.04. The molecule has 2 heterocycles. The maximum Gasteiger partial charge on any atom is 0.289 e. The Morgan fingerprint density at radius 1 is 1.21 bits per heavy atom. The monoisotopic (exact) mass is 440 g/mol. The number of hydrogen-bond donors (Lipinski definition) is 2. The Bertz CT molecular complexity index is 1120. The third-order valence-corrected chi connectivity index (χ3v) is 6.13. The number of carbonyl (C=O) groups excluding carboxylic acids is 1. The molecular weight excluding hydrogens is 426 g/mol. The first-order valence-electron chi connectivity index (χ1n) is 8.40. The number of nitrogens with one attached hydrogen (secondary N) is 2. The first kappa shape index (κ1) is 20.7. The van der Waals surface area contributed by atoms with Crippen molar-refractivity contribution >= 4 is 46.4 Å². The number of amides is 1. The van der Waals surface area contributed by atoms with E-state index in [0.717, 1.165) is 10.4 Å². The van der Waals surface area contributed by atoms with Crippen LogP contribution < -0.4 is 16.0 Å². The second kappa shape index (κ2) is 9.44. The highest BCUT2D eigenvalue weighted by Crippen LogP contribution is 2.35. The van der Waals surface area contributed by atoms with Crippen LogP contribution in [-0.4, -0.2) is 11.7 Å². The van der Waals surface area contributed by atoms with Crippen molar-refractivity contribution < 1.29 is 9.78 Å². The van der Waals surface area contributed by atoms with Gasteiger partial charge in [-0.2, -0.15) is 10.5 Å². The van der Waals surface area contributed by atoms with Crippen LogP contribution in [0, 0.1) is 22.7 Å². The normalized spacial score (nSPS) is 10.2. The van der Waals surface area contributed by atoms with Crippen molar-refractivity contribution in [2.24, 2.45) is 0 Å². The highest BCUT2D eigenvalue weighted by molar-refractivity contribution is 7.99. The Morgan fingerprint density at radius 3 is 2.55 bits per heavy atom. The number of halogens is 1. The average molecular weight is 441 g/mol. The summed E-state index contributed by atoms with van der Waals surface area (Å²) in [5.41, 5.74) is 7.95. The van der Waals surface area contributed by atoms with Crippen LogP contribution in [-0.2, 0) is 11.3 Å². The van der Waals surface area contributed by atoms with Gasteiger partial charge in [0.05, 0.1) is 5.75 Å². The van der Waals surface area contributed by atoms with Crippen LogP contribution in [0.5, 0.6) is 0 Å². The number of nitrogens with zero attached hydrogens (tertiary/aromatic N) is 2. The molecule has 0 atom stereocenters. The average Bonchev–Trinajstić information content (AvgIpc) is 3.25. The SMILES string of the molecule is N#Cc1c(N)[nH+]c(SCC(=O)NCc2ccc(Cl)cc2)c(C#N)c1-c1cccs1. The molecule has 0 saturated carbocycles. The lowest BCUT2D eigenvalue weighted by Crippen LogP contribution is -2.26. The number of pyridine rings is 1. The zero-order valence-electron chi connectivity index (χ0n) is 15.0. The van der Waals surface area contributed by atoms with Gasteiger partial charge in [0.2, 0.25) is 5.91 Å². The summed E-state index contributed by atoms with van der Waals surface area (Å²) < 4.78 is 0. The van der Waals surface area contributed by atoms with Gasteiger partial charge in [0.25, 0.3) is 5.82 Å². The number of thioether (sulfide) groups is 1. The second-order valence-electron chi connectivity index (χ2n) is 5.89. The molecule has 0 aliphatic carbocycles. The molecule has 0 radical (unpaired) electrons. The number of thiophene rings is 1. The van der Waals surface area contributed by atoms with Crippen LogP contribution in [0.15, 0.2) is 46.8 Å². The fraction of sp³-hybridized carbons (Fsp3) is 0.100. The summed E-state index contributed by atoms with van der Waals surface area (Å²) in [6.07, 6.45) is 0. The van der Waals surface area contributed by atoms with Crippen LogP contribution in [0.2, 0.25) is 5.02 Å². The molecule has 29 heavy (non-hydrogen) atoms. The van der Waals surface area contributed by atoms with E-state index in [1.165, 1.54) is 23.1 Å². The van der Waals surface area contributed by atoms with E-state index in [1.54, 1.807) is 12.1 Å². The molecule has 3 aromatic rings. The van der Waals surface area contributed by atoms with E-state index < -0.39 is 0 Å². The third-order valence-electron chi connectivity index (χ3n) is 3.99. The van der Waals surface area contributed by atoms with E-state index in [9.17, 15) is 15.3 Å². The number of hydrogen-bond acceptors (Lipinski definition) is 6. The van der Waals surface area contributed by atoms with Gasteiger partial charge in [-0.05, 0) is 29.1 Å². The summed E-state index contributed by atoms with van der Waals surface area (Å²) in [6, 6.07) is 15.1. The van der Waals surface area contributed by atoms with E-state index in [0.29, 0.717) is 27.7 Å². The standard InChI is InChI=1S/C20H14ClN5OS2/c21-13-5-3-12(4-6-13)10-25-17(27)11-29-20-15(9-23)18(16-2-1-7-28-16)14(8-22)19(24)26-20/h1-7H,10-11H2,(H2,24,26)(H,25,27)/p+1. The molecule has 3 rings (SSSR count). The lowest BCUT2D eigenvalue weighted by Gasteiger charge is -2.09. The van der Waals surface area contributed by atoms with E-state index in [2.05, 4.69) is 22.4 Å². The van der Waals surface area contributed by atoms with Crippen LogP contribution in [0.25, 0.3) is 10.4 Å². The van der Waals surface area contributed by atoms with Crippen molar-refractivity contribution in [3.63, 3.8) is 0 Å². The number of H-pyrrole nitrogens is 1. The van der Waals surface area contributed by atoms with Gasteiger partial charge >= 0.3 is 0 Å². The van der Waals surface area contributed by atoms with Crippen LogP contribution in [0.3, 0.4) is 0 Å². The number of rotatable bonds is 6. The van der Waals surface area contributed by atoms with E-state index in [1.807, 2.05) is 29.6 Å². The van der Waals surface area contributed by atoms with Crippen molar-refractivity contribution in [2.45, 2.75) is 11.6 Å². The first-order valence-corrected chi connectivity index (χ1v) is 10.6. The molecule has 0 unspecified atom stereocenters. The molecule has 0 fully saturated rings. The molecule has 0 aliphatic heterocycles. The number of aromatic amines is 1. The summed E-state index contributed by atoms with van der Waals surface area (Å²) in [4.78, 5) is 15.9. The minimum atomic E-state index is -0.192. The molecular formula is C20H15ClN5OS2+. The van der Waals surface area contributed by atoms with Crippen molar-refractivity contribution in [2.75, 3.05) is 11.5 Å². The fourth-order valence-electron chi connectivity index (χ4n) is 2.61. The van der Waals surface area contributed by atoms with E-state index >= 15 is 0 Å². The minimum absolute atomic E-state index is 0.0913. The van der Waals surface area contributed by atoms with E-state index in [-0.39, 0.29) is 23.0 Å². The first-order chi connectivity index (χ1) is 14.0. The lowest BCUT2D eigenvalue weighted by atomic mass is 10.0. The van der Waals surface area contributed by atoms with Crippen molar-refractivity contribution in [3.05, 3.63) is 63.5 Å².